The monoisotopic (exact) mass is 529 g/mol. The molecule has 10 heteroatoms. The maximum Gasteiger partial charge on any atom is 0.341 e. The van der Waals surface area contributed by atoms with Crippen molar-refractivity contribution in [3.8, 4) is 5.75 Å². The van der Waals surface area contributed by atoms with Gasteiger partial charge in [0.25, 0.3) is 0 Å². The van der Waals surface area contributed by atoms with Gasteiger partial charge >= 0.3 is 5.97 Å². The van der Waals surface area contributed by atoms with Gasteiger partial charge in [-0.1, -0.05) is 17.8 Å². The Hall–Kier alpha value is -4.44. The molecule has 0 bridgehead atoms. The van der Waals surface area contributed by atoms with Gasteiger partial charge in [0.15, 0.2) is 12.4 Å². The molecule has 0 radical (unpaired) electrons. The molecular formula is C28H23N3O6S. The summed E-state index contributed by atoms with van der Waals surface area (Å²) >= 11 is 1.03. The molecule has 1 aliphatic heterocycles. The fourth-order valence-electron chi connectivity index (χ4n) is 4.11. The number of aromatic nitrogens is 2. The van der Waals surface area contributed by atoms with E-state index in [4.69, 9.17) is 9.47 Å². The van der Waals surface area contributed by atoms with E-state index in [0.29, 0.717) is 23.6 Å². The van der Waals surface area contributed by atoms with Gasteiger partial charge in [0.1, 0.15) is 10.8 Å². The van der Waals surface area contributed by atoms with Gasteiger partial charge in [0.2, 0.25) is 11.8 Å². The molecule has 1 atom stereocenters. The number of thioether (sulfide) groups is 1. The normalized spacial score (nSPS) is 15.2. The van der Waals surface area contributed by atoms with Crippen LogP contribution in [0, 0.1) is 0 Å². The molecule has 9 nitrogen and oxygen atoms in total. The zero-order valence-corrected chi connectivity index (χ0v) is 21.2. The van der Waals surface area contributed by atoms with Crippen LogP contribution in [0.3, 0.4) is 0 Å². The summed E-state index contributed by atoms with van der Waals surface area (Å²) in [6, 6.07) is 16.9. The van der Waals surface area contributed by atoms with Gasteiger partial charge < -0.3 is 14.5 Å². The molecule has 1 saturated heterocycles. The van der Waals surface area contributed by atoms with Crippen LogP contribution >= 0.6 is 11.8 Å². The van der Waals surface area contributed by atoms with E-state index in [1.165, 1.54) is 12.3 Å². The molecule has 1 unspecified atom stereocenters. The number of esters is 1. The minimum absolute atomic E-state index is 0.0342. The molecular weight excluding hydrogens is 506 g/mol. The number of ether oxygens (including phenoxy) is 2. The van der Waals surface area contributed by atoms with Crippen molar-refractivity contribution in [1.29, 1.82) is 0 Å². The van der Waals surface area contributed by atoms with Crippen LogP contribution in [-0.2, 0) is 14.3 Å². The topological polar surface area (TPSA) is 119 Å². The SMILES string of the molecule is CCOc1ccc(C(=O)COC(=O)c2cccnc2SC2CC(=O)N(c3ccc4cc[nH]c4c3)C2=O)cc1. The number of pyridine rings is 1. The number of fused-ring (bicyclic) bond motifs is 1. The van der Waals surface area contributed by atoms with Gasteiger partial charge in [0, 0.05) is 29.9 Å². The van der Waals surface area contributed by atoms with Crippen LogP contribution in [0.2, 0.25) is 0 Å². The fourth-order valence-corrected chi connectivity index (χ4v) is 5.21. The van der Waals surface area contributed by atoms with E-state index in [1.54, 1.807) is 48.7 Å². The molecule has 192 valence electrons. The van der Waals surface area contributed by atoms with Gasteiger partial charge in [-0.05, 0) is 66.9 Å². The summed E-state index contributed by atoms with van der Waals surface area (Å²) in [5.41, 5.74) is 1.79. The number of H-pyrrole nitrogens is 1. The summed E-state index contributed by atoms with van der Waals surface area (Å²) in [6.45, 7) is 1.92. The molecule has 1 N–H and O–H groups in total. The second-order valence-corrected chi connectivity index (χ2v) is 9.63. The van der Waals surface area contributed by atoms with Crippen molar-refractivity contribution < 1.29 is 28.7 Å². The Bertz CT molecular complexity index is 1530. The Morgan fingerprint density at radius 1 is 1.11 bits per heavy atom. The van der Waals surface area contributed by atoms with E-state index < -0.39 is 17.8 Å². The van der Waals surface area contributed by atoms with Crippen molar-refractivity contribution in [2.45, 2.75) is 23.6 Å². The first-order chi connectivity index (χ1) is 18.4. The first-order valence-electron chi connectivity index (χ1n) is 11.9. The van der Waals surface area contributed by atoms with Crippen LogP contribution in [0.1, 0.15) is 34.1 Å². The smallest absolute Gasteiger partial charge is 0.341 e. The molecule has 2 amide bonds. The third kappa shape index (κ3) is 5.16. The number of imide groups is 1. The quantitative estimate of drug-likeness (QED) is 0.192. The van der Waals surface area contributed by atoms with Crippen LogP contribution in [0.25, 0.3) is 10.9 Å². The lowest BCUT2D eigenvalue weighted by Gasteiger charge is -2.15. The second kappa shape index (κ2) is 10.9. The number of carbonyl (C=O) groups is 4. The fraction of sp³-hybridized carbons (Fsp3) is 0.179. The number of rotatable bonds is 9. The number of Topliss-reactive ketones (excluding diaryl/α,β-unsaturated/α-hetero) is 1. The Morgan fingerprint density at radius 2 is 1.92 bits per heavy atom. The van der Waals surface area contributed by atoms with Gasteiger partial charge in [-0.15, -0.1) is 0 Å². The average Bonchev–Trinajstić information content (AvgIpc) is 3.51. The third-order valence-corrected chi connectivity index (χ3v) is 7.17. The number of hydrogen-bond acceptors (Lipinski definition) is 8. The predicted molar refractivity (Wildman–Crippen MR) is 142 cm³/mol. The minimum Gasteiger partial charge on any atom is -0.494 e. The van der Waals surface area contributed by atoms with Crippen molar-refractivity contribution in [2.24, 2.45) is 0 Å². The van der Waals surface area contributed by atoms with E-state index in [0.717, 1.165) is 27.6 Å². The Morgan fingerprint density at radius 3 is 2.71 bits per heavy atom. The number of anilines is 1. The Balaban J connectivity index is 1.26. The van der Waals surface area contributed by atoms with Gasteiger partial charge in [-0.2, -0.15) is 0 Å². The number of ketones is 1. The molecule has 2 aromatic carbocycles. The van der Waals surface area contributed by atoms with Gasteiger partial charge in [0.05, 0.1) is 23.1 Å². The summed E-state index contributed by atoms with van der Waals surface area (Å²) in [6.07, 6.45) is 3.24. The molecule has 5 rings (SSSR count). The first-order valence-corrected chi connectivity index (χ1v) is 12.8. The van der Waals surface area contributed by atoms with Crippen LogP contribution < -0.4 is 9.64 Å². The maximum absolute atomic E-state index is 13.2. The number of aromatic amines is 1. The molecule has 0 saturated carbocycles. The van der Waals surface area contributed by atoms with E-state index in [2.05, 4.69) is 9.97 Å². The minimum atomic E-state index is -0.756. The summed E-state index contributed by atoms with van der Waals surface area (Å²) in [5.74, 6) is -1.20. The molecule has 0 aliphatic carbocycles. The predicted octanol–water partition coefficient (Wildman–Crippen LogP) is 4.43. The van der Waals surface area contributed by atoms with Crippen LogP contribution in [0.5, 0.6) is 5.75 Å². The zero-order chi connectivity index (χ0) is 26.6. The molecule has 1 fully saturated rings. The average molecular weight is 530 g/mol. The van der Waals surface area contributed by atoms with E-state index >= 15 is 0 Å². The van der Waals surface area contributed by atoms with Crippen LogP contribution in [0.15, 0.2) is 78.1 Å². The first kappa shape index (κ1) is 25.2. The lowest BCUT2D eigenvalue weighted by Crippen LogP contribution is -2.31. The summed E-state index contributed by atoms with van der Waals surface area (Å²) in [7, 11) is 0. The molecule has 38 heavy (non-hydrogen) atoms. The second-order valence-electron chi connectivity index (χ2n) is 8.44. The van der Waals surface area contributed by atoms with Crippen molar-refractivity contribution >= 4 is 51.9 Å². The standard InChI is InChI=1S/C28H23N3O6S/c1-2-36-20-9-6-18(7-10-20)23(32)16-37-28(35)21-4-3-12-30-26(21)38-24-15-25(33)31(27(24)34)19-8-5-17-11-13-29-22(17)14-19/h3-14,24,29H,2,15-16H2,1H3. The number of nitrogens with one attached hydrogen (secondary N) is 1. The number of nitrogens with zero attached hydrogens (tertiary/aromatic N) is 2. The summed E-state index contributed by atoms with van der Waals surface area (Å²) in [4.78, 5) is 59.8. The highest BCUT2D eigenvalue weighted by molar-refractivity contribution is 8.00. The Kier molecular flexibility index (Phi) is 7.23. The number of benzene rings is 2. The highest BCUT2D eigenvalue weighted by atomic mass is 32.2. The zero-order valence-electron chi connectivity index (χ0n) is 20.4. The van der Waals surface area contributed by atoms with Crippen LogP contribution in [0.4, 0.5) is 5.69 Å². The summed E-state index contributed by atoms with van der Waals surface area (Å²) < 4.78 is 10.6. The number of hydrogen-bond donors (Lipinski definition) is 1. The van der Waals surface area contributed by atoms with E-state index in [9.17, 15) is 19.2 Å². The van der Waals surface area contributed by atoms with Crippen LogP contribution in [-0.4, -0.2) is 52.0 Å². The largest absolute Gasteiger partial charge is 0.494 e. The van der Waals surface area contributed by atoms with E-state index in [1.807, 2.05) is 19.1 Å². The molecule has 2 aromatic heterocycles. The Labute approximate surface area is 222 Å². The number of amides is 2. The van der Waals surface area contributed by atoms with Crippen molar-refractivity contribution in [1.82, 2.24) is 9.97 Å². The summed E-state index contributed by atoms with van der Waals surface area (Å²) in [5, 5.41) is 0.462. The number of carbonyl (C=O) groups excluding carboxylic acids is 4. The molecule has 3 heterocycles. The third-order valence-electron chi connectivity index (χ3n) is 5.97. The maximum atomic E-state index is 13.2. The highest BCUT2D eigenvalue weighted by Crippen LogP contribution is 2.35. The van der Waals surface area contributed by atoms with E-state index in [-0.39, 0.29) is 34.6 Å². The molecule has 0 spiro atoms. The lowest BCUT2D eigenvalue weighted by atomic mass is 10.1. The van der Waals surface area contributed by atoms with Crippen molar-refractivity contribution in [3.63, 3.8) is 0 Å². The molecule has 1 aliphatic rings. The van der Waals surface area contributed by atoms with Gasteiger partial charge in [-0.25, -0.2) is 14.7 Å². The van der Waals surface area contributed by atoms with Crippen molar-refractivity contribution in [3.05, 3.63) is 84.2 Å². The highest BCUT2D eigenvalue weighted by Gasteiger charge is 2.41. The van der Waals surface area contributed by atoms with Gasteiger partial charge in [-0.3, -0.25) is 14.4 Å². The lowest BCUT2D eigenvalue weighted by molar-refractivity contribution is -0.121. The molecule has 4 aromatic rings. The van der Waals surface area contributed by atoms with Crippen molar-refractivity contribution in [2.75, 3.05) is 18.1 Å².